The highest BCUT2D eigenvalue weighted by Crippen LogP contribution is 2.25. The van der Waals surface area contributed by atoms with Crippen molar-refractivity contribution in [3.8, 4) is 6.01 Å². The van der Waals surface area contributed by atoms with Crippen molar-refractivity contribution < 1.29 is 9.25 Å². The molecule has 0 bridgehead atoms. The molecular formula is C12H12ClN3O3. The van der Waals surface area contributed by atoms with Crippen molar-refractivity contribution in [3.63, 3.8) is 0 Å². The zero-order valence-electron chi connectivity index (χ0n) is 10.7. The van der Waals surface area contributed by atoms with Crippen LogP contribution >= 0.6 is 11.6 Å². The minimum absolute atomic E-state index is 0.0601. The van der Waals surface area contributed by atoms with Crippen LogP contribution in [0, 0.1) is 0 Å². The van der Waals surface area contributed by atoms with Crippen molar-refractivity contribution in [3.05, 3.63) is 27.2 Å². The Labute approximate surface area is 114 Å². The summed E-state index contributed by atoms with van der Waals surface area (Å²) in [6, 6.07) is 1.32. The average molecular weight is 282 g/mol. The molecule has 0 aliphatic rings. The van der Waals surface area contributed by atoms with Gasteiger partial charge in [0.05, 0.1) is 11.1 Å². The molecule has 7 heteroatoms. The normalized spacial score (nSPS) is 10.5. The van der Waals surface area contributed by atoms with E-state index < -0.39 is 5.63 Å². The lowest BCUT2D eigenvalue weighted by molar-refractivity contribution is 0.311. The summed E-state index contributed by atoms with van der Waals surface area (Å²) in [5.74, 6) is 0. The summed E-state index contributed by atoms with van der Waals surface area (Å²) in [4.78, 5) is 24.4. The lowest BCUT2D eigenvalue weighted by Gasteiger charge is -2.04. The second-order valence-electron chi connectivity index (χ2n) is 4.05. The summed E-state index contributed by atoms with van der Waals surface area (Å²) in [7, 11) is 0. The van der Waals surface area contributed by atoms with Gasteiger partial charge in [0.2, 0.25) is 5.71 Å². The number of rotatable bonds is 3. The Morgan fingerprint density at radius 2 is 2.21 bits per heavy atom. The first-order valence-corrected chi connectivity index (χ1v) is 6.07. The number of aryl methyl sites for hydroxylation is 1. The van der Waals surface area contributed by atoms with Crippen LogP contribution in [-0.2, 0) is 6.42 Å². The van der Waals surface area contributed by atoms with E-state index in [-0.39, 0.29) is 16.9 Å². The van der Waals surface area contributed by atoms with Crippen LogP contribution in [0.1, 0.15) is 26.3 Å². The Bertz CT molecular complexity index is 705. The number of hydrogen-bond acceptors (Lipinski definition) is 6. The first-order chi connectivity index (χ1) is 9.01. The minimum atomic E-state index is -0.486. The smallest absolute Gasteiger partial charge is 0.350 e. The number of fused-ring (bicyclic) bond motifs is 1. The van der Waals surface area contributed by atoms with Crippen molar-refractivity contribution in [1.29, 1.82) is 0 Å². The molecule has 2 aromatic heterocycles. The first-order valence-electron chi connectivity index (χ1n) is 5.69. The van der Waals surface area contributed by atoms with Crippen molar-refractivity contribution in [2.24, 2.45) is 5.16 Å². The summed E-state index contributed by atoms with van der Waals surface area (Å²) >= 11 is 6.07. The summed E-state index contributed by atoms with van der Waals surface area (Å²) in [5, 5.41) is 4.41. The van der Waals surface area contributed by atoms with Crippen molar-refractivity contribution in [1.82, 2.24) is 9.97 Å². The fourth-order valence-electron chi connectivity index (χ4n) is 1.53. The molecule has 0 N–H and O–H groups in total. The molecule has 0 fully saturated rings. The first kappa shape index (κ1) is 13.5. The molecule has 0 aromatic carbocycles. The topological polar surface area (TPSA) is 77.6 Å². The Morgan fingerprint density at radius 3 is 2.84 bits per heavy atom. The van der Waals surface area contributed by atoms with Crippen molar-refractivity contribution >= 4 is 28.4 Å². The third kappa shape index (κ3) is 2.90. The largest absolute Gasteiger partial charge is 0.403 e. The van der Waals surface area contributed by atoms with Gasteiger partial charge in [-0.05, 0) is 25.8 Å². The number of hydrogen-bond donors (Lipinski definition) is 0. The SMILES string of the molecule is CCc1cc(=O)oc2nc(ON=C(C)C)nc(Cl)c12. The average Bonchev–Trinajstić information content (AvgIpc) is 2.34. The minimum Gasteiger partial charge on any atom is -0.403 e. The molecule has 0 aliphatic carbocycles. The van der Waals surface area contributed by atoms with Gasteiger partial charge in [-0.2, -0.15) is 9.97 Å². The Kier molecular flexibility index (Phi) is 3.80. The number of aromatic nitrogens is 2. The zero-order chi connectivity index (χ0) is 14.0. The lowest BCUT2D eigenvalue weighted by atomic mass is 10.1. The van der Waals surface area contributed by atoms with E-state index in [2.05, 4.69) is 15.1 Å². The Morgan fingerprint density at radius 1 is 1.47 bits per heavy atom. The van der Waals surface area contributed by atoms with Crippen molar-refractivity contribution in [2.75, 3.05) is 0 Å². The second kappa shape index (κ2) is 5.36. The number of nitrogens with zero attached hydrogens (tertiary/aromatic N) is 3. The summed E-state index contributed by atoms with van der Waals surface area (Å²) in [6.45, 7) is 5.43. The Hall–Kier alpha value is -1.95. The molecule has 0 saturated carbocycles. The van der Waals surface area contributed by atoms with Gasteiger partial charge in [0.25, 0.3) is 0 Å². The van der Waals surface area contributed by atoms with Crippen LogP contribution < -0.4 is 10.5 Å². The van der Waals surface area contributed by atoms with Gasteiger partial charge in [0.1, 0.15) is 5.15 Å². The summed E-state index contributed by atoms with van der Waals surface area (Å²) in [6.07, 6.45) is 0.623. The van der Waals surface area contributed by atoms with E-state index in [0.717, 1.165) is 5.56 Å². The van der Waals surface area contributed by atoms with E-state index in [1.807, 2.05) is 6.92 Å². The third-order valence-electron chi connectivity index (χ3n) is 2.31. The van der Waals surface area contributed by atoms with Gasteiger partial charge in [-0.25, -0.2) is 4.79 Å². The fourth-order valence-corrected chi connectivity index (χ4v) is 1.81. The van der Waals surface area contributed by atoms with Gasteiger partial charge in [0.15, 0.2) is 0 Å². The van der Waals surface area contributed by atoms with E-state index in [4.69, 9.17) is 20.9 Å². The van der Waals surface area contributed by atoms with Crippen LogP contribution in [0.2, 0.25) is 5.15 Å². The highest BCUT2D eigenvalue weighted by atomic mass is 35.5. The van der Waals surface area contributed by atoms with Crippen molar-refractivity contribution in [2.45, 2.75) is 27.2 Å². The standard InChI is InChI=1S/C12H12ClN3O3/c1-4-7-5-8(17)18-11-9(7)10(13)14-12(15-11)19-16-6(2)3/h5H,4H2,1-3H3. The van der Waals surface area contributed by atoms with E-state index in [1.165, 1.54) is 6.07 Å². The van der Waals surface area contributed by atoms with Crippen LogP contribution in [-0.4, -0.2) is 15.7 Å². The molecule has 100 valence electrons. The fraction of sp³-hybridized carbons (Fsp3) is 0.333. The monoisotopic (exact) mass is 281 g/mol. The quantitative estimate of drug-likeness (QED) is 0.491. The molecule has 2 heterocycles. The summed E-state index contributed by atoms with van der Waals surface area (Å²) < 4.78 is 5.01. The highest BCUT2D eigenvalue weighted by Gasteiger charge is 2.13. The molecule has 2 aromatic rings. The molecule has 0 spiro atoms. The predicted molar refractivity (Wildman–Crippen MR) is 71.9 cm³/mol. The maximum absolute atomic E-state index is 11.4. The van der Waals surface area contributed by atoms with Crippen LogP contribution in [0.25, 0.3) is 11.1 Å². The van der Waals surface area contributed by atoms with Crippen LogP contribution in [0.5, 0.6) is 6.01 Å². The summed E-state index contributed by atoms with van der Waals surface area (Å²) in [5.41, 5.74) is 1.05. The van der Waals surface area contributed by atoms with E-state index in [1.54, 1.807) is 13.8 Å². The van der Waals surface area contributed by atoms with Gasteiger partial charge in [-0.3, -0.25) is 0 Å². The van der Waals surface area contributed by atoms with Gasteiger partial charge < -0.3 is 9.25 Å². The number of halogens is 1. The predicted octanol–water partition coefficient (Wildman–Crippen LogP) is 2.57. The maximum Gasteiger partial charge on any atom is 0.350 e. The van der Waals surface area contributed by atoms with Gasteiger partial charge >= 0.3 is 11.6 Å². The van der Waals surface area contributed by atoms with Gasteiger partial charge in [-0.15, -0.1) is 0 Å². The van der Waals surface area contributed by atoms with Crippen LogP contribution in [0.4, 0.5) is 0 Å². The molecule has 0 aliphatic heterocycles. The van der Waals surface area contributed by atoms with Crippen LogP contribution in [0.15, 0.2) is 20.4 Å². The molecule has 2 rings (SSSR count). The molecule has 0 unspecified atom stereocenters. The number of oxime groups is 1. The van der Waals surface area contributed by atoms with Gasteiger partial charge in [-0.1, -0.05) is 23.7 Å². The highest BCUT2D eigenvalue weighted by molar-refractivity contribution is 6.34. The maximum atomic E-state index is 11.4. The van der Waals surface area contributed by atoms with E-state index >= 15 is 0 Å². The molecule has 19 heavy (non-hydrogen) atoms. The van der Waals surface area contributed by atoms with E-state index in [9.17, 15) is 4.79 Å². The zero-order valence-corrected chi connectivity index (χ0v) is 11.5. The Balaban J connectivity index is 2.63. The molecule has 0 amide bonds. The van der Waals surface area contributed by atoms with Crippen LogP contribution in [0.3, 0.4) is 0 Å². The molecule has 0 saturated heterocycles. The molecule has 0 atom stereocenters. The molecule has 6 nitrogen and oxygen atoms in total. The van der Waals surface area contributed by atoms with E-state index in [0.29, 0.717) is 17.5 Å². The molecular weight excluding hydrogens is 270 g/mol. The second-order valence-corrected chi connectivity index (χ2v) is 4.41. The lowest BCUT2D eigenvalue weighted by Crippen LogP contribution is -2.03. The van der Waals surface area contributed by atoms with Gasteiger partial charge in [0, 0.05) is 6.07 Å². The third-order valence-corrected chi connectivity index (χ3v) is 2.59. The molecule has 0 radical (unpaired) electrons.